The van der Waals surface area contributed by atoms with Crippen LogP contribution in [0.15, 0.2) is 18.7 Å². The number of rotatable bonds is 2. The quantitative estimate of drug-likeness (QED) is 0.835. The lowest BCUT2D eigenvalue weighted by molar-refractivity contribution is -0.135. The first-order valence-corrected chi connectivity index (χ1v) is 6.79. The van der Waals surface area contributed by atoms with E-state index in [4.69, 9.17) is 0 Å². The average molecular weight is 262 g/mol. The highest BCUT2D eigenvalue weighted by atomic mass is 16.2. The Kier molecular flexibility index (Phi) is 3.23. The smallest absolute Gasteiger partial charge is 0.245 e. The first-order chi connectivity index (χ1) is 9.24. The fraction of sp³-hybridized carbons (Fsp3) is 0.615. The van der Waals surface area contributed by atoms with Crippen LogP contribution in [0.1, 0.15) is 31.7 Å². The van der Waals surface area contributed by atoms with Gasteiger partial charge in [0.25, 0.3) is 0 Å². The molecule has 3 heterocycles. The Morgan fingerprint density at radius 2 is 2.11 bits per heavy atom. The molecule has 0 aromatic carbocycles. The van der Waals surface area contributed by atoms with Gasteiger partial charge in [0.1, 0.15) is 6.04 Å². The Bertz CT molecular complexity index is 463. The molecular weight excluding hydrogens is 244 g/mol. The Hall–Kier alpha value is -1.85. The number of hydrogen-bond acceptors (Lipinski definition) is 3. The van der Waals surface area contributed by atoms with Gasteiger partial charge in [-0.1, -0.05) is 0 Å². The van der Waals surface area contributed by atoms with Crippen LogP contribution in [0.2, 0.25) is 0 Å². The van der Waals surface area contributed by atoms with Crippen molar-refractivity contribution in [3.63, 3.8) is 0 Å². The summed E-state index contributed by atoms with van der Waals surface area (Å²) in [5.41, 5.74) is 0. The third-order valence-electron chi connectivity index (χ3n) is 4.02. The molecule has 102 valence electrons. The highest BCUT2D eigenvalue weighted by Gasteiger charge is 2.32. The van der Waals surface area contributed by atoms with Crippen LogP contribution in [0, 0.1) is 0 Å². The first-order valence-electron chi connectivity index (χ1n) is 6.79. The Morgan fingerprint density at radius 1 is 1.32 bits per heavy atom. The summed E-state index contributed by atoms with van der Waals surface area (Å²) in [5, 5.41) is 2.74. The molecule has 1 atom stereocenters. The SMILES string of the molecule is O=C1CC[C@H](C(=O)N2CCC(n3ccnc3)CC2)N1. The summed E-state index contributed by atoms with van der Waals surface area (Å²) >= 11 is 0. The van der Waals surface area contributed by atoms with Crippen molar-refractivity contribution in [2.75, 3.05) is 13.1 Å². The Labute approximate surface area is 111 Å². The van der Waals surface area contributed by atoms with Crippen molar-refractivity contribution in [1.82, 2.24) is 19.8 Å². The molecule has 0 saturated carbocycles. The van der Waals surface area contributed by atoms with Gasteiger partial charge in [-0.25, -0.2) is 4.98 Å². The Balaban J connectivity index is 1.55. The van der Waals surface area contributed by atoms with E-state index in [9.17, 15) is 9.59 Å². The summed E-state index contributed by atoms with van der Waals surface area (Å²) < 4.78 is 2.11. The summed E-state index contributed by atoms with van der Waals surface area (Å²) in [6.45, 7) is 1.52. The van der Waals surface area contributed by atoms with Gasteiger partial charge in [0.15, 0.2) is 0 Å². The van der Waals surface area contributed by atoms with Crippen molar-refractivity contribution >= 4 is 11.8 Å². The maximum absolute atomic E-state index is 12.2. The summed E-state index contributed by atoms with van der Waals surface area (Å²) in [7, 11) is 0. The van der Waals surface area contributed by atoms with Crippen LogP contribution in [-0.4, -0.2) is 45.4 Å². The molecule has 2 saturated heterocycles. The molecule has 2 amide bonds. The number of imidazole rings is 1. The molecule has 0 aliphatic carbocycles. The van der Waals surface area contributed by atoms with Crippen LogP contribution in [0.4, 0.5) is 0 Å². The van der Waals surface area contributed by atoms with Crippen LogP contribution in [0.3, 0.4) is 0 Å². The highest BCUT2D eigenvalue weighted by Crippen LogP contribution is 2.23. The average Bonchev–Trinajstić information content (AvgIpc) is 3.09. The standard InChI is InChI=1S/C13H18N4O2/c18-12-2-1-11(15-12)13(19)16-6-3-10(4-7-16)17-8-5-14-9-17/h5,8-11H,1-4,6-7H2,(H,15,18)/t11-/m1/s1. The second-order valence-electron chi connectivity index (χ2n) is 5.23. The minimum Gasteiger partial charge on any atom is -0.344 e. The second kappa shape index (κ2) is 5.03. The van der Waals surface area contributed by atoms with Crippen molar-refractivity contribution in [3.8, 4) is 0 Å². The number of nitrogens with one attached hydrogen (secondary N) is 1. The normalized spacial score (nSPS) is 24.5. The first kappa shape index (κ1) is 12.2. The minimum atomic E-state index is -0.294. The molecule has 6 nitrogen and oxygen atoms in total. The number of likely N-dealkylation sites (tertiary alicyclic amines) is 1. The molecule has 0 unspecified atom stereocenters. The van der Waals surface area contributed by atoms with Crippen LogP contribution in [-0.2, 0) is 9.59 Å². The van der Waals surface area contributed by atoms with Crippen LogP contribution in [0.25, 0.3) is 0 Å². The predicted octanol–water partition coefficient (Wildman–Crippen LogP) is 0.325. The van der Waals surface area contributed by atoms with E-state index in [0.717, 1.165) is 25.9 Å². The van der Waals surface area contributed by atoms with Gasteiger partial charge in [0.05, 0.1) is 6.33 Å². The fourth-order valence-corrected chi connectivity index (χ4v) is 2.89. The molecule has 0 bridgehead atoms. The molecule has 1 aromatic heterocycles. The van der Waals surface area contributed by atoms with E-state index in [-0.39, 0.29) is 17.9 Å². The molecule has 19 heavy (non-hydrogen) atoms. The van der Waals surface area contributed by atoms with Crippen LogP contribution >= 0.6 is 0 Å². The number of nitrogens with zero attached hydrogens (tertiary/aromatic N) is 3. The van der Waals surface area contributed by atoms with Gasteiger partial charge in [-0.2, -0.15) is 0 Å². The molecule has 2 fully saturated rings. The molecule has 6 heteroatoms. The number of amides is 2. The van der Waals surface area contributed by atoms with E-state index in [1.807, 2.05) is 17.4 Å². The number of carbonyl (C=O) groups is 2. The lowest BCUT2D eigenvalue weighted by atomic mass is 10.0. The van der Waals surface area contributed by atoms with Gasteiger partial charge in [-0.05, 0) is 19.3 Å². The minimum absolute atomic E-state index is 0.00773. The maximum Gasteiger partial charge on any atom is 0.245 e. The van der Waals surface area contributed by atoms with E-state index in [0.29, 0.717) is 18.9 Å². The van der Waals surface area contributed by atoms with E-state index in [1.54, 1.807) is 6.20 Å². The second-order valence-corrected chi connectivity index (χ2v) is 5.23. The van der Waals surface area contributed by atoms with Gasteiger partial charge in [0, 0.05) is 37.9 Å². The fourth-order valence-electron chi connectivity index (χ4n) is 2.89. The molecular formula is C13H18N4O2. The topological polar surface area (TPSA) is 67.2 Å². The zero-order valence-electron chi connectivity index (χ0n) is 10.8. The highest BCUT2D eigenvalue weighted by molar-refractivity contribution is 5.90. The Morgan fingerprint density at radius 3 is 2.68 bits per heavy atom. The zero-order valence-corrected chi connectivity index (χ0v) is 10.8. The number of carbonyl (C=O) groups excluding carboxylic acids is 2. The molecule has 1 N–H and O–H groups in total. The lowest BCUT2D eigenvalue weighted by Gasteiger charge is -2.33. The summed E-state index contributed by atoms with van der Waals surface area (Å²) in [6, 6.07) is 0.141. The third kappa shape index (κ3) is 2.47. The summed E-state index contributed by atoms with van der Waals surface area (Å²) in [6.07, 6.45) is 8.59. The van der Waals surface area contributed by atoms with Crippen molar-refractivity contribution < 1.29 is 9.59 Å². The largest absolute Gasteiger partial charge is 0.344 e. The van der Waals surface area contributed by atoms with Gasteiger partial charge < -0.3 is 14.8 Å². The molecule has 2 aliphatic rings. The van der Waals surface area contributed by atoms with Crippen molar-refractivity contribution in [1.29, 1.82) is 0 Å². The molecule has 0 spiro atoms. The summed E-state index contributed by atoms with van der Waals surface area (Å²) in [5.74, 6) is 0.0709. The van der Waals surface area contributed by atoms with Gasteiger partial charge >= 0.3 is 0 Å². The number of hydrogen-bond donors (Lipinski definition) is 1. The van der Waals surface area contributed by atoms with Gasteiger partial charge in [-0.15, -0.1) is 0 Å². The predicted molar refractivity (Wildman–Crippen MR) is 68.2 cm³/mol. The molecule has 2 aliphatic heterocycles. The number of aromatic nitrogens is 2. The molecule has 1 aromatic rings. The van der Waals surface area contributed by atoms with Crippen LogP contribution in [0.5, 0.6) is 0 Å². The van der Waals surface area contributed by atoms with Crippen LogP contribution < -0.4 is 5.32 Å². The van der Waals surface area contributed by atoms with Gasteiger partial charge in [-0.3, -0.25) is 9.59 Å². The number of piperidine rings is 1. The summed E-state index contributed by atoms with van der Waals surface area (Å²) in [4.78, 5) is 29.3. The third-order valence-corrected chi connectivity index (χ3v) is 4.02. The van der Waals surface area contributed by atoms with Crippen molar-refractivity contribution in [3.05, 3.63) is 18.7 Å². The van der Waals surface area contributed by atoms with E-state index in [1.165, 1.54) is 0 Å². The van der Waals surface area contributed by atoms with Gasteiger partial charge in [0.2, 0.25) is 11.8 Å². The van der Waals surface area contributed by atoms with Crippen molar-refractivity contribution in [2.45, 2.75) is 37.8 Å². The lowest BCUT2D eigenvalue weighted by Crippen LogP contribution is -2.47. The molecule has 0 radical (unpaired) electrons. The van der Waals surface area contributed by atoms with E-state index < -0.39 is 0 Å². The molecule has 3 rings (SSSR count). The maximum atomic E-state index is 12.2. The van der Waals surface area contributed by atoms with E-state index >= 15 is 0 Å². The van der Waals surface area contributed by atoms with Crippen molar-refractivity contribution in [2.24, 2.45) is 0 Å². The zero-order chi connectivity index (χ0) is 13.2. The monoisotopic (exact) mass is 262 g/mol. The van der Waals surface area contributed by atoms with E-state index in [2.05, 4.69) is 14.9 Å².